The van der Waals surface area contributed by atoms with E-state index in [2.05, 4.69) is 11.7 Å². The molecule has 0 fully saturated rings. The maximum atomic E-state index is 12.4. The Labute approximate surface area is 173 Å². The number of ether oxygens (including phenoxy) is 1. The molecule has 0 aliphatic carbocycles. The van der Waals surface area contributed by atoms with Gasteiger partial charge in [-0.15, -0.1) is 0 Å². The second kappa shape index (κ2) is 11.9. The maximum absolute atomic E-state index is 12.4. The van der Waals surface area contributed by atoms with Crippen LogP contribution in [0.3, 0.4) is 0 Å². The van der Waals surface area contributed by atoms with Crippen molar-refractivity contribution in [1.29, 1.82) is 0 Å². The molecule has 0 aliphatic rings. The zero-order valence-corrected chi connectivity index (χ0v) is 17.6. The standard InChI is InChI=1S/C24H31NO4/c1-4-5-6-7-8-12-23(26)25(2)18-19-10-9-11-20(17-19)22-15-13-21(29-22)14-16-24(27)28-3/h9-11,13-17H,4-8,12,18H2,1-3H3/b16-14+. The first-order chi connectivity index (χ1) is 14.0. The summed E-state index contributed by atoms with van der Waals surface area (Å²) >= 11 is 0. The lowest BCUT2D eigenvalue weighted by atomic mass is 10.1. The number of benzene rings is 1. The van der Waals surface area contributed by atoms with Gasteiger partial charge in [-0.1, -0.05) is 50.8 Å². The molecule has 1 heterocycles. The van der Waals surface area contributed by atoms with E-state index in [1.54, 1.807) is 17.0 Å². The Bertz CT molecular complexity index is 822. The highest BCUT2D eigenvalue weighted by Gasteiger charge is 2.10. The number of carbonyl (C=O) groups is 2. The number of methoxy groups -OCH3 is 1. The second-order valence-corrected chi connectivity index (χ2v) is 7.17. The fourth-order valence-corrected chi connectivity index (χ4v) is 3.07. The third-order valence-electron chi connectivity index (χ3n) is 4.76. The molecule has 0 aliphatic heterocycles. The highest BCUT2D eigenvalue weighted by Crippen LogP contribution is 2.24. The number of carbonyl (C=O) groups excluding carboxylic acids is 2. The zero-order valence-electron chi connectivity index (χ0n) is 17.6. The average Bonchev–Trinajstić information content (AvgIpc) is 3.21. The molecule has 0 bridgehead atoms. The van der Waals surface area contributed by atoms with E-state index < -0.39 is 5.97 Å². The van der Waals surface area contributed by atoms with Gasteiger partial charge in [0.2, 0.25) is 5.91 Å². The number of hydrogen-bond acceptors (Lipinski definition) is 4. The minimum absolute atomic E-state index is 0.181. The van der Waals surface area contributed by atoms with E-state index in [1.165, 1.54) is 32.4 Å². The Morgan fingerprint density at radius 2 is 1.90 bits per heavy atom. The van der Waals surface area contributed by atoms with Crippen molar-refractivity contribution in [1.82, 2.24) is 4.90 Å². The first-order valence-electron chi connectivity index (χ1n) is 10.2. The van der Waals surface area contributed by atoms with Gasteiger partial charge in [-0.25, -0.2) is 4.79 Å². The van der Waals surface area contributed by atoms with Crippen molar-refractivity contribution in [2.75, 3.05) is 14.2 Å². The number of rotatable bonds is 11. The van der Waals surface area contributed by atoms with Gasteiger partial charge in [0, 0.05) is 31.7 Å². The Balaban J connectivity index is 1.94. The first-order valence-corrected chi connectivity index (χ1v) is 10.2. The molecule has 1 aromatic carbocycles. The van der Waals surface area contributed by atoms with E-state index in [-0.39, 0.29) is 5.91 Å². The molecule has 5 nitrogen and oxygen atoms in total. The van der Waals surface area contributed by atoms with E-state index in [4.69, 9.17) is 4.42 Å². The molecular formula is C24H31NO4. The summed E-state index contributed by atoms with van der Waals surface area (Å²) in [4.78, 5) is 25.3. The normalized spacial score (nSPS) is 11.0. The molecule has 29 heavy (non-hydrogen) atoms. The van der Waals surface area contributed by atoms with Crippen LogP contribution in [0.25, 0.3) is 17.4 Å². The SMILES string of the molecule is CCCCCCCC(=O)N(C)Cc1cccc(-c2ccc(/C=C/C(=O)OC)o2)c1. The lowest BCUT2D eigenvalue weighted by molar-refractivity contribution is -0.134. The van der Waals surface area contributed by atoms with E-state index in [1.807, 2.05) is 37.4 Å². The van der Waals surface area contributed by atoms with Crippen LogP contribution in [-0.4, -0.2) is 30.9 Å². The number of furan rings is 1. The van der Waals surface area contributed by atoms with Crippen molar-refractivity contribution in [2.45, 2.75) is 52.0 Å². The van der Waals surface area contributed by atoms with Gasteiger partial charge in [0.25, 0.3) is 0 Å². The topological polar surface area (TPSA) is 59.8 Å². The van der Waals surface area contributed by atoms with Crippen molar-refractivity contribution < 1.29 is 18.7 Å². The molecule has 0 radical (unpaired) electrons. The molecule has 5 heteroatoms. The van der Waals surface area contributed by atoms with Crippen molar-refractivity contribution in [3.8, 4) is 11.3 Å². The van der Waals surface area contributed by atoms with E-state index in [9.17, 15) is 9.59 Å². The number of hydrogen-bond donors (Lipinski definition) is 0. The molecule has 0 atom stereocenters. The highest BCUT2D eigenvalue weighted by molar-refractivity contribution is 5.86. The van der Waals surface area contributed by atoms with Gasteiger partial charge >= 0.3 is 5.97 Å². The van der Waals surface area contributed by atoms with E-state index >= 15 is 0 Å². The van der Waals surface area contributed by atoms with Gasteiger partial charge in [-0.3, -0.25) is 4.79 Å². The minimum atomic E-state index is -0.428. The smallest absolute Gasteiger partial charge is 0.330 e. The summed E-state index contributed by atoms with van der Waals surface area (Å²) < 4.78 is 10.4. The van der Waals surface area contributed by atoms with Crippen LogP contribution in [0.5, 0.6) is 0 Å². The monoisotopic (exact) mass is 397 g/mol. The molecule has 0 unspecified atom stereocenters. The van der Waals surface area contributed by atoms with Crippen LogP contribution in [0.15, 0.2) is 46.9 Å². The minimum Gasteiger partial charge on any atom is -0.466 e. The summed E-state index contributed by atoms with van der Waals surface area (Å²) in [6.07, 6.45) is 9.23. The summed E-state index contributed by atoms with van der Waals surface area (Å²) in [5.74, 6) is 1.04. The molecule has 156 valence electrons. The number of amides is 1. The number of nitrogens with zero attached hydrogens (tertiary/aromatic N) is 1. The van der Waals surface area contributed by atoms with Crippen LogP contribution >= 0.6 is 0 Å². The third kappa shape index (κ3) is 7.60. The van der Waals surface area contributed by atoms with Gasteiger partial charge in [-0.05, 0) is 36.3 Å². The molecule has 0 saturated heterocycles. The maximum Gasteiger partial charge on any atom is 0.330 e. The Kier molecular flexibility index (Phi) is 9.22. The molecule has 0 N–H and O–H groups in total. The van der Waals surface area contributed by atoms with Crippen LogP contribution in [0.2, 0.25) is 0 Å². The zero-order chi connectivity index (χ0) is 21.1. The number of esters is 1. The summed E-state index contributed by atoms with van der Waals surface area (Å²) in [7, 11) is 3.18. The molecule has 2 aromatic rings. The van der Waals surface area contributed by atoms with Crippen LogP contribution in [0, 0.1) is 0 Å². The quantitative estimate of drug-likeness (QED) is 0.287. The lowest BCUT2D eigenvalue weighted by Crippen LogP contribution is -2.25. The van der Waals surface area contributed by atoms with E-state index in [0.29, 0.717) is 24.5 Å². The van der Waals surface area contributed by atoms with Gasteiger partial charge < -0.3 is 14.1 Å². The molecule has 2 rings (SSSR count). The van der Waals surface area contributed by atoms with Gasteiger partial charge in [0.1, 0.15) is 11.5 Å². The molecule has 1 aromatic heterocycles. The summed E-state index contributed by atoms with van der Waals surface area (Å²) in [6, 6.07) is 11.6. The molecule has 1 amide bonds. The molecule has 0 saturated carbocycles. The van der Waals surface area contributed by atoms with Crippen molar-refractivity contribution in [3.05, 3.63) is 53.8 Å². The van der Waals surface area contributed by atoms with Gasteiger partial charge in [0.15, 0.2) is 0 Å². The lowest BCUT2D eigenvalue weighted by Gasteiger charge is -2.17. The van der Waals surface area contributed by atoms with Crippen LogP contribution in [0.4, 0.5) is 0 Å². The Hall–Kier alpha value is -2.82. The van der Waals surface area contributed by atoms with Crippen LogP contribution in [-0.2, 0) is 20.9 Å². The van der Waals surface area contributed by atoms with Gasteiger partial charge in [-0.2, -0.15) is 0 Å². The Morgan fingerprint density at radius 3 is 2.66 bits per heavy atom. The van der Waals surface area contributed by atoms with Crippen molar-refractivity contribution >= 4 is 18.0 Å². The predicted octanol–water partition coefficient (Wildman–Crippen LogP) is 5.45. The Morgan fingerprint density at radius 1 is 1.10 bits per heavy atom. The molecular weight excluding hydrogens is 366 g/mol. The van der Waals surface area contributed by atoms with Crippen molar-refractivity contribution in [2.24, 2.45) is 0 Å². The largest absolute Gasteiger partial charge is 0.466 e. The predicted molar refractivity (Wildman–Crippen MR) is 115 cm³/mol. The third-order valence-corrected chi connectivity index (χ3v) is 4.76. The van der Waals surface area contributed by atoms with Crippen molar-refractivity contribution in [3.63, 3.8) is 0 Å². The second-order valence-electron chi connectivity index (χ2n) is 7.17. The number of unbranched alkanes of at least 4 members (excludes halogenated alkanes) is 4. The summed E-state index contributed by atoms with van der Waals surface area (Å²) in [5, 5.41) is 0. The fraction of sp³-hybridized carbons (Fsp3) is 0.417. The highest BCUT2D eigenvalue weighted by atomic mass is 16.5. The fourth-order valence-electron chi connectivity index (χ4n) is 3.07. The van der Waals surface area contributed by atoms with Gasteiger partial charge in [0.05, 0.1) is 7.11 Å². The molecule has 0 spiro atoms. The average molecular weight is 398 g/mol. The van der Waals surface area contributed by atoms with E-state index in [0.717, 1.165) is 24.0 Å². The summed E-state index contributed by atoms with van der Waals surface area (Å²) in [5.41, 5.74) is 1.98. The van der Waals surface area contributed by atoms with Crippen LogP contribution in [0.1, 0.15) is 56.8 Å². The first kappa shape index (κ1) is 22.5. The van der Waals surface area contributed by atoms with Crippen LogP contribution < -0.4 is 0 Å². The summed E-state index contributed by atoms with van der Waals surface area (Å²) in [6.45, 7) is 2.76.